The number of halogens is 2. The monoisotopic (exact) mass is 564 g/mol. The third kappa shape index (κ3) is 4.84. The quantitative estimate of drug-likeness (QED) is 0.302. The molecule has 0 saturated carbocycles. The van der Waals surface area contributed by atoms with Crippen molar-refractivity contribution in [3.8, 4) is 5.75 Å². The molecule has 1 aromatic heterocycles. The molecule has 8 nitrogen and oxygen atoms in total. The van der Waals surface area contributed by atoms with Gasteiger partial charge in [-0.1, -0.05) is 68.5 Å². The largest absolute Gasteiger partial charge is 0.488 e. The summed E-state index contributed by atoms with van der Waals surface area (Å²) in [6, 6.07) is 20.2. The highest BCUT2D eigenvalue weighted by atomic mass is 79.9. The molecule has 2 N–H and O–H groups in total. The lowest BCUT2D eigenvalue weighted by Gasteiger charge is -2.29. The predicted molar refractivity (Wildman–Crippen MR) is 142 cm³/mol. The number of benzene rings is 3. The highest BCUT2D eigenvalue weighted by Gasteiger charge is 2.36. The van der Waals surface area contributed by atoms with Crippen molar-refractivity contribution in [1.29, 1.82) is 0 Å². The summed E-state index contributed by atoms with van der Waals surface area (Å²) in [5.74, 6) is 0.744. The number of aromatic nitrogens is 4. The number of carbonyl (C=O) groups is 1. The zero-order chi connectivity index (χ0) is 25.2. The molecule has 36 heavy (non-hydrogen) atoms. The van der Waals surface area contributed by atoms with Gasteiger partial charge < -0.3 is 15.4 Å². The molecule has 2 heterocycles. The Morgan fingerprint density at radius 3 is 2.69 bits per heavy atom. The number of allylic oxidation sites excluding steroid dienone is 1. The van der Waals surface area contributed by atoms with Crippen molar-refractivity contribution in [2.75, 3.05) is 10.6 Å². The number of anilines is 2. The van der Waals surface area contributed by atoms with E-state index in [1.54, 1.807) is 4.68 Å². The second kappa shape index (κ2) is 10.1. The van der Waals surface area contributed by atoms with E-state index in [4.69, 9.17) is 16.3 Å². The third-order valence-corrected chi connectivity index (χ3v) is 6.74. The van der Waals surface area contributed by atoms with E-state index in [0.29, 0.717) is 33.7 Å². The maximum atomic E-state index is 13.6. The first-order chi connectivity index (χ1) is 17.4. The number of carbonyl (C=O) groups excluding carboxylic acids is 1. The Morgan fingerprint density at radius 1 is 1.14 bits per heavy atom. The Balaban J connectivity index is 1.55. The number of amides is 1. The lowest BCUT2D eigenvalue weighted by molar-refractivity contribution is -0.113. The highest BCUT2D eigenvalue weighted by molar-refractivity contribution is 9.10. The minimum Gasteiger partial charge on any atom is -0.488 e. The number of aryl methyl sites for hydroxylation is 1. The van der Waals surface area contributed by atoms with Crippen LogP contribution in [0.25, 0.3) is 0 Å². The van der Waals surface area contributed by atoms with Crippen molar-refractivity contribution in [3.63, 3.8) is 0 Å². The number of hydrogen-bond donors (Lipinski definition) is 2. The zero-order valence-electron chi connectivity index (χ0n) is 19.5. The molecule has 0 radical (unpaired) electrons. The summed E-state index contributed by atoms with van der Waals surface area (Å²) in [6.45, 7) is 4.09. The molecule has 0 aliphatic carbocycles. The minimum absolute atomic E-state index is 0.259. The van der Waals surface area contributed by atoms with Gasteiger partial charge in [-0.15, -0.1) is 0 Å². The molecule has 0 saturated heterocycles. The fraction of sp³-hybridized carbons (Fsp3) is 0.154. The van der Waals surface area contributed by atoms with E-state index in [1.807, 2.05) is 80.6 Å². The van der Waals surface area contributed by atoms with Crippen LogP contribution in [0, 0.1) is 6.92 Å². The van der Waals surface area contributed by atoms with E-state index in [9.17, 15) is 4.79 Å². The summed E-state index contributed by atoms with van der Waals surface area (Å²) in [6.07, 6.45) is 0. The molecule has 0 spiro atoms. The second-order valence-electron chi connectivity index (χ2n) is 8.40. The lowest BCUT2D eigenvalue weighted by Crippen LogP contribution is -2.31. The topological polar surface area (TPSA) is 94.0 Å². The molecule has 10 heteroatoms. The summed E-state index contributed by atoms with van der Waals surface area (Å²) < 4.78 is 8.65. The normalized spacial score (nSPS) is 14.7. The smallest absolute Gasteiger partial charge is 0.255 e. The number of rotatable bonds is 6. The van der Waals surface area contributed by atoms with Crippen LogP contribution in [0.5, 0.6) is 5.75 Å². The maximum Gasteiger partial charge on any atom is 0.255 e. The first-order valence-corrected chi connectivity index (χ1v) is 12.4. The molecule has 1 unspecified atom stereocenters. The zero-order valence-corrected chi connectivity index (χ0v) is 21.8. The molecule has 1 amide bonds. The van der Waals surface area contributed by atoms with Crippen molar-refractivity contribution in [2.24, 2.45) is 0 Å². The van der Waals surface area contributed by atoms with Gasteiger partial charge in [-0.2, -0.15) is 4.68 Å². The Labute approximate surface area is 221 Å². The number of nitrogens with one attached hydrogen (secondary N) is 2. The molecule has 0 fully saturated rings. The number of nitrogens with zero attached hydrogens (tertiary/aromatic N) is 4. The van der Waals surface area contributed by atoms with Crippen molar-refractivity contribution in [2.45, 2.75) is 26.5 Å². The van der Waals surface area contributed by atoms with Crippen LogP contribution in [-0.2, 0) is 11.4 Å². The first kappa shape index (κ1) is 24.0. The molecule has 5 rings (SSSR count). The van der Waals surface area contributed by atoms with Crippen LogP contribution in [-0.4, -0.2) is 26.1 Å². The molecule has 3 aromatic carbocycles. The molecule has 4 aromatic rings. The molecule has 0 bridgehead atoms. The highest BCUT2D eigenvalue weighted by Crippen LogP contribution is 2.40. The second-order valence-corrected chi connectivity index (χ2v) is 9.72. The number of ether oxygens (including phenoxy) is 1. The van der Waals surface area contributed by atoms with Crippen molar-refractivity contribution < 1.29 is 9.53 Å². The van der Waals surface area contributed by atoms with Crippen LogP contribution in [0.1, 0.15) is 29.7 Å². The fourth-order valence-electron chi connectivity index (χ4n) is 4.06. The molecular formula is C26H22BrClN6O2. The van der Waals surface area contributed by atoms with Gasteiger partial charge in [0.1, 0.15) is 18.4 Å². The van der Waals surface area contributed by atoms with Gasteiger partial charge in [0.25, 0.3) is 5.91 Å². The average molecular weight is 566 g/mol. The number of hydrogen-bond acceptors (Lipinski definition) is 6. The minimum atomic E-state index is -0.638. The van der Waals surface area contributed by atoms with Crippen LogP contribution in [0.3, 0.4) is 0 Å². The van der Waals surface area contributed by atoms with Gasteiger partial charge in [-0.25, -0.2) is 0 Å². The summed E-state index contributed by atoms with van der Waals surface area (Å²) >= 11 is 9.90. The van der Waals surface area contributed by atoms with Crippen LogP contribution < -0.4 is 15.4 Å². The van der Waals surface area contributed by atoms with Crippen molar-refractivity contribution >= 4 is 45.1 Å². The van der Waals surface area contributed by atoms with Crippen LogP contribution in [0.2, 0.25) is 5.02 Å². The maximum absolute atomic E-state index is 13.6. The van der Waals surface area contributed by atoms with Gasteiger partial charge >= 0.3 is 0 Å². The lowest BCUT2D eigenvalue weighted by atomic mass is 9.94. The van der Waals surface area contributed by atoms with E-state index in [2.05, 4.69) is 42.1 Å². The predicted octanol–water partition coefficient (Wildman–Crippen LogP) is 5.90. The van der Waals surface area contributed by atoms with E-state index in [0.717, 1.165) is 21.2 Å². The van der Waals surface area contributed by atoms with Gasteiger partial charge in [0.15, 0.2) is 0 Å². The van der Waals surface area contributed by atoms with E-state index in [-0.39, 0.29) is 12.5 Å². The van der Waals surface area contributed by atoms with Gasteiger partial charge in [0, 0.05) is 32.0 Å². The van der Waals surface area contributed by atoms with Gasteiger partial charge in [0.2, 0.25) is 5.95 Å². The van der Waals surface area contributed by atoms with E-state index < -0.39 is 6.04 Å². The van der Waals surface area contributed by atoms with E-state index >= 15 is 0 Å². The summed E-state index contributed by atoms with van der Waals surface area (Å²) in [7, 11) is 0. The standard InChI is InChI=1S/C26H22BrClN6O2/c1-15-7-10-19(11-8-15)30-25(35)23-16(2)29-26-31-32-33-34(26)24(23)20-13-18(27)9-12-22(20)36-14-17-5-3-4-6-21(17)28/h3-13,24H,14H2,1-2H3,(H,30,35)(H,29,31,33). The number of tetrazole rings is 1. The summed E-state index contributed by atoms with van der Waals surface area (Å²) in [5, 5.41) is 18.9. The fourth-order valence-corrected chi connectivity index (χ4v) is 4.63. The molecule has 1 aliphatic rings. The van der Waals surface area contributed by atoms with Crippen molar-refractivity contribution in [3.05, 3.63) is 104 Å². The van der Waals surface area contributed by atoms with Gasteiger partial charge in [-0.05, 0) is 60.7 Å². The van der Waals surface area contributed by atoms with Gasteiger partial charge in [0.05, 0.1) is 5.57 Å². The molecule has 182 valence electrons. The van der Waals surface area contributed by atoms with Crippen LogP contribution >= 0.6 is 27.5 Å². The van der Waals surface area contributed by atoms with Crippen LogP contribution in [0.4, 0.5) is 11.6 Å². The SMILES string of the molecule is CC1=C(C(=O)Nc2ccc(C)cc2)C(c2cc(Br)ccc2OCc2ccccc2Cl)n2nnnc2N1. The third-order valence-electron chi connectivity index (χ3n) is 5.88. The Kier molecular flexibility index (Phi) is 6.75. The summed E-state index contributed by atoms with van der Waals surface area (Å²) in [5.41, 5.74) is 4.48. The average Bonchev–Trinajstić information content (AvgIpc) is 3.32. The Hall–Kier alpha value is -3.69. The molecule has 1 aliphatic heterocycles. The van der Waals surface area contributed by atoms with E-state index in [1.165, 1.54) is 0 Å². The Bertz CT molecular complexity index is 1470. The van der Waals surface area contributed by atoms with Crippen molar-refractivity contribution in [1.82, 2.24) is 20.2 Å². The Morgan fingerprint density at radius 2 is 1.92 bits per heavy atom. The first-order valence-electron chi connectivity index (χ1n) is 11.2. The molecule has 1 atom stereocenters. The summed E-state index contributed by atoms with van der Waals surface area (Å²) in [4.78, 5) is 13.6. The van der Waals surface area contributed by atoms with Crippen LogP contribution in [0.15, 0.2) is 82.5 Å². The molecular weight excluding hydrogens is 544 g/mol. The number of fused-ring (bicyclic) bond motifs is 1. The van der Waals surface area contributed by atoms with Gasteiger partial charge in [-0.3, -0.25) is 4.79 Å².